The van der Waals surface area contributed by atoms with Gasteiger partial charge in [0.25, 0.3) is 0 Å². The minimum absolute atomic E-state index is 0.318. The second-order valence-corrected chi connectivity index (χ2v) is 5.03. The van der Waals surface area contributed by atoms with Crippen molar-refractivity contribution < 1.29 is 0 Å². The largest absolute Gasteiger partial charge is 0.105 e. The molecule has 0 aromatic carbocycles. The van der Waals surface area contributed by atoms with Crippen molar-refractivity contribution in [2.75, 3.05) is 0 Å². The number of halogens is 1. The molecule has 0 nitrogen and oxygen atoms in total. The summed E-state index contributed by atoms with van der Waals surface area (Å²) >= 11 is 6.24. The van der Waals surface area contributed by atoms with Crippen molar-refractivity contribution in [2.24, 2.45) is 5.92 Å². The number of hydrogen-bond donors (Lipinski definition) is 0. The van der Waals surface area contributed by atoms with Crippen LogP contribution in [-0.4, -0.2) is 4.87 Å². The first-order chi connectivity index (χ1) is 5.98. The van der Waals surface area contributed by atoms with E-state index in [0.29, 0.717) is 5.92 Å². The molecule has 0 amide bonds. The van der Waals surface area contributed by atoms with Crippen molar-refractivity contribution in [1.82, 2.24) is 0 Å². The molecule has 1 unspecified atom stereocenters. The van der Waals surface area contributed by atoms with Crippen LogP contribution in [0.5, 0.6) is 0 Å². The van der Waals surface area contributed by atoms with Crippen molar-refractivity contribution in [3.8, 4) is 11.8 Å². The first-order valence-corrected chi connectivity index (χ1v) is 5.54. The second kappa shape index (κ2) is 6.33. The van der Waals surface area contributed by atoms with E-state index in [1.807, 2.05) is 6.92 Å². The minimum atomic E-state index is -0.318. The molecule has 0 N–H and O–H groups in total. The van der Waals surface area contributed by atoms with Crippen LogP contribution in [0.4, 0.5) is 0 Å². The first-order valence-electron chi connectivity index (χ1n) is 5.17. The Morgan fingerprint density at radius 3 is 2.46 bits per heavy atom. The van der Waals surface area contributed by atoms with Crippen molar-refractivity contribution in [3.63, 3.8) is 0 Å². The predicted molar refractivity (Wildman–Crippen MR) is 61.0 cm³/mol. The van der Waals surface area contributed by atoms with Gasteiger partial charge in [0.2, 0.25) is 0 Å². The highest BCUT2D eigenvalue weighted by Gasteiger charge is 2.18. The Kier molecular flexibility index (Phi) is 6.25. The van der Waals surface area contributed by atoms with Gasteiger partial charge >= 0.3 is 0 Å². The van der Waals surface area contributed by atoms with E-state index in [0.717, 1.165) is 12.8 Å². The van der Waals surface area contributed by atoms with E-state index >= 15 is 0 Å². The summed E-state index contributed by atoms with van der Waals surface area (Å²) in [5.41, 5.74) is 0. The Morgan fingerprint density at radius 2 is 2.00 bits per heavy atom. The fourth-order valence-electron chi connectivity index (χ4n) is 1.33. The van der Waals surface area contributed by atoms with Gasteiger partial charge in [-0.3, -0.25) is 0 Å². The fraction of sp³-hybridized carbons (Fsp3) is 0.833. The number of rotatable bonds is 4. The molecule has 13 heavy (non-hydrogen) atoms. The van der Waals surface area contributed by atoms with Crippen molar-refractivity contribution >= 4 is 11.6 Å². The maximum absolute atomic E-state index is 6.24. The van der Waals surface area contributed by atoms with Crippen LogP contribution in [0.3, 0.4) is 0 Å². The molecule has 0 spiro atoms. The zero-order valence-electron chi connectivity index (χ0n) is 9.28. The van der Waals surface area contributed by atoms with Crippen molar-refractivity contribution in [3.05, 3.63) is 0 Å². The summed E-state index contributed by atoms with van der Waals surface area (Å²) in [4.78, 5) is -0.318. The number of alkyl halides is 1. The molecule has 0 aromatic heterocycles. The SMILES string of the molecule is CCCCC#CC(C)(Cl)CC(C)C. The standard InChI is InChI=1S/C12H21Cl/c1-5-6-7-8-9-12(4,13)10-11(2)3/h11H,5-7,10H2,1-4H3. The predicted octanol–water partition coefficient (Wildman–Crippen LogP) is 4.22. The van der Waals surface area contributed by atoms with Gasteiger partial charge < -0.3 is 0 Å². The maximum atomic E-state index is 6.24. The van der Waals surface area contributed by atoms with Crippen LogP contribution in [0.25, 0.3) is 0 Å². The summed E-state index contributed by atoms with van der Waals surface area (Å²) in [6.07, 6.45) is 4.34. The third kappa shape index (κ3) is 8.19. The molecule has 0 radical (unpaired) electrons. The topological polar surface area (TPSA) is 0 Å². The van der Waals surface area contributed by atoms with E-state index in [-0.39, 0.29) is 4.87 Å². The van der Waals surface area contributed by atoms with Crippen molar-refractivity contribution in [2.45, 2.75) is 58.3 Å². The molecular formula is C12H21Cl. The van der Waals surface area contributed by atoms with Crippen LogP contribution >= 0.6 is 11.6 Å². The molecule has 0 aliphatic rings. The molecule has 0 saturated heterocycles. The van der Waals surface area contributed by atoms with E-state index in [4.69, 9.17) is 11.6 Å². The van der Waals surface area contributed by atoms with Crippen LogP contribution in [0.1, 0.15) is 53.4 Å². The Bertz CT molecular complexity index is 181. The first kappa shape index (κ1) is 12.8. The van der Waals surface area contributed by atoms with Gasteiger partial charge in [-0.05, 0) is 25.7 Å². The Morgan fingerprint density at radius 1 is 1.38 bits per heavy atom. The van der Waals surface area contributed by atoms with Gasteiger partial charge in [-0.2, -0.15) is 0 Å². The molecule has 0 heterocycles. The van der Waals surface area contributed by atoms with Crippen LogP contribution in [0, 0.1) is 17.8 Å². The van der Waals surface area contributed by atoms with Crippen LogP contribution in [0.15, 0.2) is 0 Å². The Hall–Kier alpha value is -0.150. The smallest absolute Gasteiger partial charge is 0.102 e. The van der Waals surface area contributed by atoms with Crippen LogP contribution in [0.2, 0.25) is 0 Å². The summed E-state index contributed by atoms with van der Waals surface area (Å²) in [7, 11) is 0. The van der Waals surface area contributed by atoms with Crippen molar-refractivity contribution in [1.29, 1.82) is 0 Å². The average Bonchev–Trinajstić information content (AvgIpc) is 1.95. The van der Waals surface area contributed by atoms with Gasteiger partial charge in [0.15, 0.2) is 0 Å². The summed E-state index contributed by atoms with van der Waals surface area (Å²) < 4.78 is 0. The van der Waals surface area contributed by atoms with Gasteiger partial charge in [0.1, 0.15) is 4.87 Å². The summed E-state index contributed by atoms with van der Waals surface area (Å²) in [6, 6.07) is 0. The fourth-order valence-corrected chi connectivity index (χ4v) is 1.71. The van der Waals surface area contributed by atoms with E-state index in [2.05, 4.69) is 32.6 Å². The molecule has 0 aromatic rings. The third-order valence-electron chi connectivity index (χ3n) is 1.80. The molecular weight excluding hydrogens is 180 g/mol. The van der Waals surface area contributed by atoms with E-state index in [9.17, 15) is 0 Å². The highest BCUT2D eigenvalue weighted by molar-refractivity contribution is 6.25. The lowest BCUT2D eigenvalue weighted by molar-refractivity contribution is 0.535. The lowest BCUT2D eigenvalue weighted by atomic mass is 9.98. The number of unbranched alkanes of at least 4 members (excludes halogenated alkanes) is 2. The third-order valence-corrected chi connectivity index (χ3v) is 2.04. The van der Waals surface area contributed by atoms with E-state index in [1.54, 1.807) is 0 Å². The molecule has 1 heteroatoms. The lowest BCUT2D eigenvalue weighted by Gasteiger charge is -2.16. The quantitative estimate of drug-likeness (QED) is 0.362. The van der Waals surface area contributed by atoms with E-state index < -0.39 is 0 Å². The average molecular weight is 201 g/mol. The highest BCUT2D eigenvalue weighted by Crippen LogP contribution is 2.22. The van der Waals surface area contributed by atoms with Crippen LogP contribution < -0.4 is 0 Å². The molecule has 0 bridgehead atoms. The molecule has 0 aliphatic heterocycles. The molecule has 1 atom stereocenters. The molecule has 76 valence electrons. The normalized spacial score (nSPS) is 14.9. The minimum Gasteiger partial charge on any atom is -0.105 e. The molecule has 0 rings (SSSR count). The number of hydrogen-bond acceptors (Lipinski definition) is 0. The van der Waals surface area contributed by atoms with Gasteiger partial charge in [-0.15, -0.1) is 17.5 Å². The Balaban J connectivity index is 3.89. The zero-order valence-corrected chi connectivity index (χ0v) is 10.0. The highest BCUT2D eigenvalue weighted by atomic mass is 35.5. The van der Waals surface area contributed by atoms with Gasteiger partial charge in [0.05, 0.1) is 0 Å². The Labute approximate surface area is 88.1 Å². The zero-order chi connectivity index (χ0) is 10.3. The maximum Gasteiger partial charge on any atom is 0.102 e. The van der Waals surface area contributed by atoms with Gasteiger partial charge in [-0.25, -0.2) is 0 Å². The lowest BCUT2D eigenvalue weighted by Crippen LogP contribution is -2.16. The molecule has 0 saturated carbocycles. The molecule has 0 fully saturated rings. The summed E-state index contributed by atoms with van der Waals surface area (Å²) in [5.74, 6) is 6.90. The summed E-state index contributed by atoms with van der Waals surface area (Å²) in [6.45, 7) is 8.53. The monoisotopic (exact) mass is 200 g/mol. The van der Waals surface area contributed by atoms with E-state index in [1.165, 1.54) is 12.8 Å². The molecule has 0 aliphatic carbocycles. The van der Waals surface area contributed by atoms with Gasteiger partial charge in [0, 0.05) is 6.42 Å². The van der Waals surface area contributed by atoms with Crippen LogP contribution in [-0.2, 0) is 0 Å². The second-order valence-electron chi connectivity index (χ2n) is 4.20. The summed E-state index contributed by atoms with van der Waals surface area (Å²) in [5, 5.41) is 0. The van der Waals surface area contributed by atoms with Gasteiger partial charge in [-0.1, -0.05) is 33.1 Å².